The Hall–Kier alpha value is -1.76. The molecule has 0 spiro atoms. The first-order chi connectivity index (χ1) is 11.7. The number of unbranched alkanes of at least 4 members (excludes halogenated alkanes) is 2. The molecule has 1 rings (SSSR count). The summed E-state index contributed by atoms with van der Waals surface area (Å²) in [5.41, 5.74) is -1.96. The van der Waals surface area contributed by atoms with Crippen LogP contribution in [-0.4, -0.2) is 25.2 Å². The zero-order chi connectivity index (χ0) is 19.1. The first-order valence-electron chi connectivity index (χ1n) is 8.38. The number of alkyl halides is 3. The molecule has 0 saturated carbocycles. The fourth-order valence-corrected chi connectivity index (χ4v) is 2.39. The topological polar surface area (TPSA) is 47.6 Å². The standard InChI is InChI=1S/C18H26F3NO3/c1-5-7-8-11-17(3,24-4)16(23)22-13-9-10-15(25-6-2)14(12-13)18(19,20)21/h9-10,12H,5-8,11H2,1-4H3,(H,22,23)/t17-/m0/s1. The fourth-order valence-electron chi connectivity index (χ4n) is 2.39. The SMILES string of the molecule is CCCCC[C@](C)(OC)C(=O)Nc1ccc(OCC)c(C(F)(F)F)c1. The number of carbonyl (C=O) groups excluding carboxylic acids is 1. The minimum Gasteiger partial charge on any atom is -0.493 e. The number of benzene rings is 1. The third kappa shape index (κ3) is 5.92. The second kappa shape index (κ2) is 9.08. The van der Waals surface area contributed by atoms with Crippen molar-refractivity contribution in [3.63, 3.8) is 0 Å². The summed E-state index contributed by atoms with van der Waals surface area (Å²) in [6.07, 6.45) is -1.34. The van der Waals surface area contributed by atoms with E-state index in [0.29, 0.717) is 6.42 Å². The molecular formula is C18H26F3NO3. The summed E-state index contributed by atoms with van der Waals surface area (Å²) in [6, 6.07) is 3.48. The van der Waals surface area contributed by atoms with Gasteiger partial charge in [-0.1, -0.05) is 26.2 Å². The Balaban J connectivity index is 2.99. The zero-order valence-electron chi connectivity index (χ0n) is 15.1. The average molecular weight is 361 g/mol. The van der Waals surface area contributed by atoms with Gasteiger partial charge in [0.05, 0.1) is 12.2 Å². The number of methoxy groups -OCH3 is 1. The summed E-state index contributed by atoms with van der Waals surface area (Å²) < 4.78 is 49.9. The lowest BCUT2D eigenvalue weighted by atomic mass is 9.96. The first kappa shape index (κ1) is 21.3. The van der Waals surface area contributed by atoms with Crippen LogP contribution in [0, 0.1) is 0 Å². The molecule has 0 fully saturated rings. The molecule has 0 aliphatic rings. The third-order valence-corrected chi connectivity index (χ3v) is 4.03. The van der Waals surface area contributed by atoms with Crippen LogP contribution in [-0.2, 0) is 15.7 Å². The zero-order valence-corrected chi connectivity index (χ0v) is 15.1. The van der Waals surface area contributed by atoms with Crippen LogP contribution in [0.25, 0.3) is 0 Å². The predicted molar refractivity (Wildman–Crippen MR) is 90.8 cm³/mol. The van der Waals surface area contributed by atoms with Gasteiger partial charge in [-0.05, 0) is 38.5 Å². The molecular weight excluding hydrogens is 335 g/mol. The van der Waals surface area contributed by atoms with Crippen LogP contribution >= 0.6 is 0 Å². The molecule has 0 unspecified atom stereocenters. The van der Waals surface area contributed by atoms with Gasteiger partial charge in [-0.15, -0.1) is 0 Å². The Morgan fingerprint density at radius 3 is 2.40 bits per heavy atom. The molecule has 0 aromatic heterocycles. The number of carbonyl (C=O) groups is 1. The second-order valence-electron chi connectivity index (χ2n) is 5.99. The summed E-state index contributed by atoms with van der Waals surface area (Å²) in [7, 11) is 1.42. The van der Waals surface area contributed by atoms with E-state index in [-0.39, 0.29) is 18.0 Å². The van der Waals surface area contributed by atoms with Gasteiger partial charge in [0.25, 0.3) is 5.91 Å². The summed E-state index contributed by atoms with van der Waals surface area (Å²) in [4.78, 5) is 12.5. The predicted octanol–water partition coefficient (Wildman–Crippen LogP) is 5.03. The number of ether oxygens (including phenoxy) is 2. The molecule has 1 N–H and O–H groups in total. The van der Waals surface area contributed by atoms with Crippen LogP contribution in [0.2, 0.25) is 0 Å². The van der Waals surface area contributed by atoms with Crippen molar-refractivity contribution in [2.75, 3.05) is 19.0 Å². The van der Waals surface area contributed by atoms with E-state index < -0.39 is 23.2 Å². The van der Waals surface area contributed by atoms with Crippen molar-refractivity contribution in [1.29, 1.82) is 0 Å². The summed E-state index contributed by atoms with van der Waals surface area (Å²) in [6.45, 7) is 5.41. The molecule has 1 aromatic rings. The van der Waals surface area contributed by atoms with Crippen LogP contribution in [0.15, 0.2) is 18.2 Å². The van der Waals surface area contributed by atoms with Gasteiger partial charge in [0.1, 0.15) is 11.4 Å². The number of amides is 1. The Labute approximate surface area is 146 Å². The molecule has 1 atom stereocenters. The highest BCUT2D eigenvalue weighted by Gasteiger charge is 2.36. The van der Waals surface area contributed by atoms with Gasteiger partial charge in [-0.25, -0.2) is 0 Å². The second-order valence-corrected chi connectivity index (χ2v) is 5.99. The van der Waals surface area contributed by atoms with E-state index in [1.54, 1.807) is 13.8 Å². The van der Waals surface area contributed by atoms with Gasteiger partial charge >= 0.3 is 6.18 Å². The fraction of sp³-hybridized carbons (Fsp3) is 0.611. The monoisotopic (exact) mass is 361 g/mol. The largest absolute Gasteiger partial charge is 0.493 e. The Kier molecular flexibility index (Phi) is 7.73. The molecule has 4 nitrogen and oxygen atoms in total. The van der Waals surface area contributed by atoms with E-state index in [2.05, 4.69) is 5.32 Å². The molecule has 1 aromatic carbocycles. The van der Waals surface area contributed by atoms with Crippen LogP contribution in [0.4, 0.5) is 18.9 Å². The highest BCUT2D eigenvalue weighted by atomic mass is 19.4. The summed E-state index contributed by atoms with van der Waals surface area (Å²) in [5, 5.41) is 2.52. The number of anilines is 1. The molecule has 1 amide bonds. The van der Waals surface area contributed by atoms with Crippen molar-refractivity contribution < 1.29 is 27.4 Å². The smallest absolute Gasteiger partial charge is 0.420 e. The number of halogens is 3. The Bertz CT molecular complexity index is 575. The lowest BCUT2D eigenvalue weighted by Gasteiger charge is -2.27. The lowest BCUT2D eigenvalue weighted by molar-refractivity contribution is -0.139. The molecule has 0 heterocycles. The van der Waals surface area contributed by atoms with Gasteiger partial charge in [0.2, 0.25) is 0 Å². The molecule has 142 valence electrons. The third-order valence-electron chi connectivity index (χ3n) is 4.03. The maximum atomic E-state index is 13.2. The van der Waals surface area contributed by atoms with E-state index >= 15 is 0 Å². The van der Waals surface area contributed by atoms with Gasteiger partial charge in [-0.3, -0.25) is 4.79 Å². The average Bonchev–Trinajstić information content (AvgIpc) is 2.55. The molecule has 0 radical (unpaired) electrons. The van der Waals surface area contributed by atoms with Crippen molar-refractivity contribution in [3.8, 4) is 5.75 Å². The molecule has 0 bridgehead atoms. The summed E-state index contributed by atoms with van der Waals surface area (Å²) in [5.74, 6) is -0.728. The maximum absolute atomic E-state index is 13.2. The molecule has 0 aliphatic heterocycles. The van der Waals surface area contributed by atoms with Crippen LogP contribution < -0.4 is 10.1 Å². The molecule has 7 heteroatoms. The highest BCUT2D eigenvalue weighted by molar-refractivity contribution is 5.97. The van der Waals surface area contributed by atoms with E-state index in [0.717, 1.165) is 25.3 Å². The van der Waals surface area contributed by atoms with Gasteiger partial charge < -0.3 is 14.8 Å². The lowest BCUT2D eigenvalue weighted by Crippen LogP contribution is -2.42. The normalized spacial score (nSPS) is 14.0. The van der Waals surface area contributed by atoms with Crippen molar-refractivity contribution >= 4 is 11.6 Å². The van der Waals surface area contributed by atoms with Crippen molar-refractivity contribution in [2.24, 2.45) is 0 Å². The van der Waals surface area contributed by atoms with E-state index in [9.17, 15) is 18.0 Å². The van der Waals surface area contributed by atoms with Crippen molar-refractivity contribution in [3.05, 3.63) is 23.8 Å². The highest BCUT2D eigenvalue weighted by Crippen LogP contribution is 2.38. The van der Waals surface area contributed by atoms with E-state index in [1.807, 2.05) is 6.92 Å². The van der Waals surface area contributed by atoms with Gasteiger partial charge in [0.15, 0.2) is 0 Å². The van der Waals surface area contributed by atoms with Gasteiger partial charge in [-0.2, -0.15) is 13.2 Å². The van der Waals surface area contributed by atoms with Crippen LogP contribution in [0.5, 0.6) is 5.75 Å². The first-order valence-corrected chi connectivity index (χ1v) is 8.38. The van der Waals surface area contributed by atoms with Crippen LogP contribution in [0.1, 0.15) is 52.0 Å². The Morgan fingerprint density at radius 2 is 1.88 bits per heavy atom. The molecule has 0 saturated heterocycles. The van der Waals surface area contributed by atoms with E-state index in [4.69, 9.17) is 9.47 Å². The van der Waals surface area contributed by atoms with Crippen LogP contribution in [0.3, 0.4) is 0 Å². The minimum atomic E-state index is -4.57. The number of hydrogen-bond donors (Lipinski definition) is 1. The minimum absolute atomic E-state index is 0.0551. The number of rotatable bonds is 9. The van der Waals surface area contributed by atoms with Gasteiger partial charge in [0, 0.05) is 12.8 Å². The number of nitrogens with one attached hydrogen (secondary N) is 1. The Morgan fingerprint density at radius 1 is 1.20 bits per heavy atom. The van der Waals surface area contributed by atoms with E-state index in [1.165, 1.54) is 19.2 Å². The number of hydrogen-bond acceptors (Lipinski definition) is 3. The van der Waals surface area contributed by atoms with Crippen molar-refractivity contribution in [2.45, 2.75) is 58.2 Å². The summed E-state index contributed by atoms with van der Waals surface area (Å²) >= 11 is 0. The molecule has 0 aliphatic carbocycles. The van der Waals surface area contributed by atoms with Crippen molar-refractivity contribution in [1.82, 2.24) is 0 Å². The molecule has 25 heavy (non-hydrogen) atoms. The quantitative estimate of drug-likeness (QED) is 0.628. The maximum Gasteiger partial charge on any atom is 0.420 e.